The standard InChI is InChI=1S/C32H56N2O2/c1-22(2)9-8-10-23(3)27-13-14-28-26-12-11-24-21-25(36-30(35)33-19-20-34(6)7)15-17-31(24,4)29(26)16-18-32(27,28)5/h11,22-23,25-29H,8-10,12-21H2,1-7H3,(H,33,35)/p+1/t23-,25-,26-,27+,28-,29-,31-,32?/m0/s1. The van der Waals surface area contributed by atoms with Crippen molar-refractivity contribution in [3.63, 3.8) is 0 Å². The Kier molecular flexibility index (Phi) is 8.85. The van der Waals surface area contributed by atoms with Crippen LogP contribution in [0, 0.1) is 46.3 Å². The average molecular weight is 502 g/mol. The van der Waals surface area contributed by atoms with Gasteiger partial charge in [-0.05, 0) is 91.3 Å². The SMILES string of the molecule is CC(C)CCC[C@H](C)[C@H]1CC[C@H]2[C@@H]3CC=C4C[C@@H](OC(=O)NCC[NH+](C)C)CC[C@]4(C)[C@H]3CCC12C. The Bertz CT molecular complexity index is 791. The summed E-state index contributed by atoms with van der Waals surface area (Å²) in [4.78, 5) is 13.7. The average Bonchev–Trinajstić information content (AvgIpc) is 3.16. The van der Waals surface area contributed by atoms with Gasteiger partial charge >= 0.3 is 6.09 Å². The molecule has 0 aromatic carbocycles. The smallest absolute Gasteiger partial charge is 0.407 e. The van der Waals surface area contributed by atoms with Crippen molar-refractivity contribution in [2.24, 2.45) is 46.3 Å². The number of quaternary nitrogens is 1. The van der Waals surface area contributed by atoms with E-state index in [0.29, 0.717) is 17.4 Å². The number of amides is 1. The predicted octanol–water partition coefficient (Wildman–Crippen LogP) is 6.27. The van der Waals surface area contributed by atoms with Gasteiger partial charge in [0.05, 0.1) is 27.2 Å². The van der Waals surface area contributed by atoms with E-state index in [1.54, 1.807) is 5.57 Å². The molecule has 206 valence electrons. The molecule has 3 saturated carbocycles. The van der Waals surface area contributed by atoms with Gasteiger partial charge in [0.15, 0.2) is 0 Å². The molecule has 0 aliphatic heterocycles. The van der Waals surface area contributed by atoms with E-state index in [1.807, 2.05) is 0 Å². The Morgan fingerprint density at radius 1 is 1.08 bits per heavy atom. The largest absolute Gasteiger partial charge is 0.446 e. The summed E-state index contributed by atoms with van der Waals surface area (Å²) in [6.45, 7) is 14.2. The maximum atomic E-state index is 12.3. The van der Waals surface area contributed by atoms with Crippen LogP contribution < -0.4 is 10.2 Å². The highest BCUT2D eigenvalue weighted by Gasteiger charge is 2.59. The van der Waals surface area contributed by atoms with E-state index in [1.165, 1.54) is 62.7 Å². The Morgan fingerprint density at radius 3 is 2.58 bits per heavy atom. The number of fused-ring (bicyclic) bond motifs is 5. The molecule has 0 heterocycles. The Morgan fingerprint density at radius 2 is 1.86 bits per heavy atom. The van der Waals surface area contributed by atoms with Gasteiger partial charge in [0.1, 0.15) is 6.10 Å². The molecule has 0 aromatic rings. The van der Waals surface area contributed by atoms with Crippen LogP contribution in [0.3, 0.4) is 0 Å². The monoisotopic (exact) mass is 501 g/mol. The highest BCUT2D eigenvalue weighted by molar-refractivity contribution is 5.67. The van der Waals surface area contributed by atoms with Crippen molar-refractivity contribution in [1.29, 1.82) is 0 Å². The lowest BCUT2D eigenvalue weighted by Gasteiger charge is -2.58. The molecule has 4 rings (SSSR count). The first-order chi connectivity index (χ1) is 17.0. The molecule has 3 fully saturated rings. The molecular weight excluding hydrogens is 444 g/mol. The molecular formula is C32H57N2O2+. The summed E-state index contributed by atoms with van der Waals surface area (Å²) in [5, 5.41) is 2.95. The lowest BCUT2D eigenvalue weighted by Crippen LogP contribution is -3.06. The molecule has 1 unspecified atom stereocenters. The second kappa shape index (κ2) is 11.4. The van der Waals surface area contributed by atoms with E-state index >= 15 is 0 Å². The zero-order valence-electron chi connectivity index (χ0n) is 24.6. The summed E-state index contributed by atoms with van der Waals surface area (Å²) >= 11 is 0. The van der Waals surface area contributed by atoms with Crippen LogP contribution in [0.15, 0.2) is 11.6 Å². The summed E-state index contributed by atoms with van der Waals surface area (Å²) in [6.07, 6.45) is 16.8. The van der Waals surface area contributed by atoms with Gasteiger partial charge in [-0.15, -0.1) is 0 Å². The summed E-state index contributed by atoms with van der Waals surface area (Å²) < 4.78 is 5.88. The van der Waals surface area contributed by atoms with Gasteiger partial charge in [-0.3, -0.25) is 0 Å². The second-order valence-electron chi connectivity index (χ2n) is 14.4. The van der Waals surface area contributed by atoms with Crippen LogP contribution in [0.2, 0.25) is 0 Å². The molecule has 8 atom stereocenters. The van der Waals surface area contributed by atoms with Crippen LogP contribution in [0.1, 0.15) is 105 Å². The Hall–Kier alpha value is -1.03. The van der Waals surface area contributed by atoms with Gasteiger partial charge in [-0.1, -0.05) is 65.5 Å². The van der Waals surface area contributed by atoms with Crippen molar-refractivity contribution in [3.05, 3.63) is 11.6 Å². The fourth-order valence-electron chi connectivity index (χ4n) is 9.36. The van der Waals surface area contributed by atoms with Crippen molar-refractivity contribution in [2.75, 3.05) is 27.2 Å². The minimum absolute atomic E-state index is 0.0454. The molecule has 0 bridgehead atoms. The van der Waals surface area contributed by atoms with Gasteiger partial charge in [0.2, 0.25) is 0 Å². The molecule has 2 N–H and O–H groups in total. The van der Waals surface area contributed by atoms with Gasteiger partial charge in [-0.25, -0.2) is 4.79 Å². The number of rotatable bonds is 9. The molecule has 0 radical (unpaired) electrons. The van der Waals surface area contributed by atoms with E-state index in [-0.39, 0.29) is 12.2 Å². The molecule has 36 heavy (non-hydrogen) atoms. The number of alkyl carbamates (subject to hydrolysis) is 1. The summed E-state index contributed by atoms with van der Waals surface area (Å²) in [5.41, 5.74) is 2.47. The lowest BCUT2D eigenvalue weighted by molar-refractivity contribution is -0.856. The third-order valence-electron chi connectivity index (χ3n) is 11.4. The van der Waals surface area contributed by atoms with Gasteiger partial charge < -0.3 is 15.0 Å². The Labute approximate surface area is 222 Å². The number of allylic oxidation sites excluding steroid dienone is 1. The topological polar surface area (TPSA) is 42.8 Å². The van der Waals surface area contributed by atoms with Gasteiger partial charge in [0.25, 0.3) is 0 Å². The number of carbonyl (C=O) groups is 1. The Balaban J connectivity index is 1.37. The van der Waals surface area contributed by atoms with Crippen molar-refractivity contribution in [1.82, 2.24) is 5.32 Å². The second-order valence-corrected chi connectivity index (χ2v) is 14.4. The first kappa shape index (κ1) is 28.0. The van der Waals surface area contributed by atoms with E-state index in [0.717, 1.165) is 54.9 Å². The fraction of sp³-hybridized carbons (Fsp3) is 0.906. The third kappa shape index (κ3) is 5.69. The minimum Gasteiger partial charge on any atom is -0.446 e. The molecule has 4 heteroatoms. The predicted molar refractivity (Wildman–Crippen MR) is 149 cm³/mol. The van der Waals surface area contributed by atoms with Crippen LogP contribution in [0.4, 0.5) is 4.79 Å². The molecule has 1 amide bonds. The number of carbonyl (C=O) groups excluding carboxylic acids is 1. The van der Waals surface area contributed by atoms with Gasteiger partial charge in [-0.2, -0.15) is 0 Å². The van der Waals surface area contributed by atoms with Crippen molar-refractivity contribution in [2.45, 2.75) is 111 Å². The molecule has 0 saturated heterocycles. The number of ether oxygens (including phenoxy) is 1. The first-order valence-electron chi connectivity index (χ1n) is 15.5. The molecule has 4 aliphatic rings. The van der Waals surface area contributed by atoms with Crippen molar-refractivity contribution in [3.8, 4) is 0 Å². The molecule has 0 aromatic heterocycles. The quantitative estimate of drug-likeness (QED) is 0.366. The molecule has 4 nitrogen and oxygen atoms in total. The molecule has 4 aliphatic carbocycles. The van der Waals surface area contributed by atoms with E-state index in [2.05, 4.69) is 60.1 Å². The van der Waals surface area contributed by atoms with Gasteiger partial charge in [0, 0.05) is 6.42 Å². The number of nitrogens with one attached hydrogen (secondary N) is 2. The van der Waals surface area contributed by atoms with Crippen LogP contribution in [0.5, 0.6) is 0 Å². The zero-order chi connectivity index (χ0) is 26.1. The maximum absolute atomic E-state index is 12.3. The van der Waals surface area contributed by atoms with Crippen LogP contribution in [-0.4, -0.2) is 39.4 Å². The highest BCUT2D eigenvalue weighted by atomic mass is 16.6. The van der Waals surface area contributed by atoms with Crippen molar-refractivity contribution < 1.29 is 14.4 Å². The lowest BCUT2D eigenvalue weighted by atomic mass is 9.47. The number of hydrogen-bond acceptors (Lipinski definition) is 2. The zero-order valence-corrected chi connectivity index (χ0v) is 24.6. The maximum Gasteiger partial charge on any atom is 0.407 e. The van der Waals surface area contributed by atoms with Crippen LogP contribution in [-0.2, 0) is 4.74 Å². The highest BCUT2D eigenvalue weighted by Crippen LogP contribution is 2.67. The normalized spacial score (nSPS) is 38.7. The fourth-order valence-corrected chi connectivity index (χ4v) is 9.36. The first-order valence-corrected chi connectivity index (χ1v) is 15.5. The van der Waals surface area contributed by atoms with Crippen LogP contribution in [0.25, 0.3) is 0 Å². The summed E-state index contributed by atoms with van der Waals surface area (Å²) in [5.74, 6) is 5.22. The number of hydrogen-bond donors (Lipinski definition) is 2. The van der Waals surface area contributed by atoms with E-state index < -0.39 is 0 Å². The van der Waals surface area contributed by atoms with Crippen LogP contribution >= 0.6 is 0 Å². The minimum atomic E-state index is -0.230. The van der Waals surface area contributed by atoms with E-state index in [4.69, 9.17) is 4.74 Å². The summed E-state index contributed by atoms with van der Waals surface area (Å²) in [6, 6.07) is 0. The number of likely N-dealkylation sites (N-methyl/N-ethyl adjacent to an activating group) is 1. The van der Waals surface area contributed by atoms with Crippen molar-refractivity contribution >= 4 is 6.09 Å². The summed E-state index contributed by atoms with van der Waals surface area (Å²) in [7, 11) is 4.21. The van der Waals surface area contributed by atoms with E-state index in [9.17, 15) is 4.79 Å². The molecule has 0 spiro atoms. The third-order valence-corrected chi connectivity index (χ3v) is 11.4.